The Morgan fingerprint density at radius 3 is 2.52 bits per heavy atom. The van der Waals surface area contributed by atoms with Crippen LogP contribution in [0.2, 0.25) is 5.02 Å². The second kappa shape index (κ2) is 6.93. The minimum atomic E-state index is -3.51. The van der Waals surface area contributed by atoms with Gasteiger partial charge in [0.15, 0.2) is 0 Å². The second-order valence-electron chi connectivity index (χ2n) is 5.90. The monoisotopic (exact) mass is 369 g/mol. The number of hydrogen-bond donors (Lipinski definition) is 0. The Kier molecular flexibility index (Phi) is 5.11. The van der Waals surface area contributed by atoms with Crippen molar-refractivity contribution in [3.63, 3.8) is 0 Å². The lowest BCUT2D eigenvalue weighted by molar-refractivity contribution is 0.332. The third-order valence-electron chi connectivity index (χ3n) is 4.33. The third-order valence-corrected chi connectivity index (χ3v) is 7.62. The smallest absolute Gasteiger partial charge is 0.207 e. The zero-order valence-corrected chi connectivity index (χ0v) is 15.4. The van der Waals surface area contributed by atoms with Crippen LogP contribution in [-0.2, 0) is 10.0 Å². The molecule has 1 fully saturated rings. The van der Waals surface area contributed by atoms with Gasteiger partial charge in [-0.2, -0.15) is 4.31 Å². The van der Waals surface area contributed by atoms with Crippen molar-refractivity contribution in [1.29, 1.82) is 0 Å². The zero-order chi connectivity index (χ0) is 16.4. The van der Waals surface area contributed by atoms with Gasteiger partial charge in [0, 0.05) is 16.4 Å². The number of halogens is 1. The summed E-state index contributed by atoms with van der Waals surface area (Å²) in [6, 6.07) is 8.48. The fourth-order valence-corrected chi connectivity index (χ4v) is 6.03. The standard InChI is InChI=1S/C17H20ClNO2S2/c1-13-10-12-22-17(13)16-5-3-2-4-11-19(16)23(20,21)15-8-6-14(18)7-9-15/h6-10,12,16H,2-5,11H2,1H3/t16-/m1/s1. The number of thiophene rings is 1. The summed E-state index contributed by atoms with van der Waals surface area (Å²) >= 11 is 7.55. The third kappa shape index (κ3) is 3.48. The van der Waals surface area contributed by atoms with Gasteiger partial charge in [-0.3, -0.25) is 0 Å². The first kappa shape index (κ1) is 17.0. The van der Waals surface area contributed by atoms with Gasteiger partial charge in [0.2, 0.25) is 10.0 Å². The van der Waals surface area contributed by atoms with Crippen molar-refractivity contribution < 1.29 is 8.42 Å². The molecule has 23 heavy (non-hydrogen) atoms. The molecular weight excluding hydrogens is 350 g/mol. The van der Waals surface area contributed by atoms with E-state index in [0.29, 0.717) is 16.5 Å². The number of nitrogens with zero attached hydrogens (tertiary/aromatic N) is 1. The summed E-state index contributed by atoms with van der Waals surface area (Å²) in [6.07, 6.45) is 3.93. The highest BCUT2D eigenvalue weighted by atomic mass is 35.5. The summed E-state index contributed by atoms with van der Waals surface area (Å²) in [5.74, 6) is 0. The fourth-order valence-electron chi connectivity index (χ4n) is 3.10. The first-order valence-corrected chi connectivity index (χ1v) is 10.5. The van der Waals surface area contributed by atoms with E-state index in [1.807, 2.05) is 5.38 Å². The molecule has 0 bridgehead atoms. The Hall–Kier alpha value is -0.880. The van der Waals surface area contributed by atoms with Gasteiger partial charge >= 0.3 is 0 Å². The largest absolute Gasteiger partial charge is 0.243 e. The van der Waals surface area contributed by atoms with E-state index < -0.39 is 10.0 Å². The molecular formula is C17H20ClNO2S2. The highest BCUT2D eigenvalue weighted by Gasteiger charge is 2.34. The highest BCUT2D eigenvalue weighted by Crippen LogP contribution is 2.38. The van der Waals surface area contributed by atoms with Gasteiger partial charge in [0.25, 0.3) is 0 Å². The van der Waals surface area contributed by atoms with Crippen LogP contribution in [0.3, 0.4) is 0 Å². The van der Waals surface area contributed by atoms with E-state index in [4.69, 9.17) is 11.6 Å². The number of aryl methyl sites for hydroxylation is 1. The van der Waals surface area contributed by atoms with Gasteiger partial charge < -0.3 is 0 Å². The van der Waals surface area contributed by atoms with E-state index in [1.165, 1.54) is 10.4 Å². The van der Waals surface area contributed by atoms with Crippen LogP contribution < -0.4 is 0 Å². The number of sulfonamides is 1. The van der Waals surface area contributed by atoms with Crippen molar-refractivity contribution in [2.24, 2.45) is 0 Å². The van der Waals surface area contributed by atoms with E-state index in [-0.39, 0.29) is 6.04 Å². The van der Waals surface area contributed by atoms with Gasteiger partial charge in [-0.1, -0.05) is 24.4 Å². The molecule has 1 aliphatic rings. The number of hydrogen-bond acceptors (Lipinski definition) is 3. The molecule has 1 aromatic carbocycles. The molecule has 0 saturated carbocycles. The molecule has 2 aromatic rings. The Balaban J connectivity index is 2.02. The Morgan fingerprint density at radius 2 is 1.87 bits per heavy atom. The minimum absolute atomic E-state index is 0.0572. The predicted molar refractivity (Wildman–Crippen MR) is 95.6 cm³/mol. The molecule has 0 amide bonds. The average molecular weight is 370 g/mol. The minimum Gasteiger partial charge on any atom is -0.207 e. The molecule has 0 radical (unpaired) electrons. The first-order valence-electron chi connectivity index (χ1n) is 7.81. The maximum atomic E-state index is 13.2. The van der Waals surface area contributed by atoms with Crippen LogP contribution in [-0.4, -0.2) is 19.3 Å². The van der Waals surface area contributed by atoms with Crippen LogP contribution in [0.15, 0.2) is 40.6 Å². The highest BCUT2D eigenvalue weighted by molar-refractivity contribution is 7.89. The molecule has 0 spiro atoms. The van der Waals surface area contributed by atoms with Crippen molar-refractivity contribution in [2.75, 3.05) is 6.54 Å². The van der Waals surface area contributed by atoms with Gasteiger partial charge in [0.05, 0.1) is 10.9 Å². The molecule has 1 aromatic heterocycles. The summed E-state index contributed by atoms with van der Waals surface area (Å²) in [6.45, 7) is 2.64. The SMILES string of the molecule is Cc1ccsc1[C@H]1CCCCCN1S(=O)(=O)c1ccc(Cl)cc1. The van der Waals surface area contributed by atoms with Gasteiger partial charge in [-0.15, -0.1) is 11.3 Å². The van der Waals surface area contributed by atoms with E-state index >= 15 is 0 Å². The Morgan fingerprint density at radius 1 is 1.13 bits per heavy atom. The fraction of sp³-hybridized carbons (Fsp3) is 0.412. The van der Waals surface area contributed by atoms with Crippen LogP contribution in [0.5, 0.6) is 0 Å². The first-order chi connectivity index (χ1) is 11.0. The summed E-state index contributed by atoms with van der Waals surface area (Å²) in [5, 5.41) is 2.59. The summed E-state index contributed by atoms with van der Waals surface area (Å²) < 4.78 is 28.0. The van der Waals surface area contributed by atoms with Crippen molar-refractivity contribution in [1.82, 2.24) is 4.31 Å². The van der Waals surface area contributed by atoms with E-state index in [2.05, 4.69) is 13.0 Å². The molecule has 0 N–H and O–H groups in total. The van der Waals surface area contributed by atoms with Gasteiger partial charge in [0.1, 0.15) is 0 Å². The molecule has 1 saturated heterocycles. The predicted octanol–water partition coefficient (Wildman–Crippen LogP) is 5.02. The molecule has 3 rings (SSSR count). The molecule has 0 aliphatic carbocycles. The van der Waals surface area contributed by atoms with Gasteiger partial charge in [-0.25, -0.2) is 8.42 Å². The van der Waals surface area contributed by atoms with Crippen molar-refractivity contribution in [3.8, 4) is 0 Å². The van der Waals surface area contributed by atoms with E-state index in [0.717, 1.165) is 25.7 Å². The molecule has 124 valence electrons. The topological polar surface area (TPSA) is 37.4 Å². The van der Waals surface area contributed by atoms with Crippen molar-refractivity contribution in [3.05, 3.63) is 51.2 Å². The number of benzene rings is 1. The van der Waals surface area contributed by atoms with E-state index in [9.17, 15) is 8.42 Å². The molecule has 6 heteroatoms. The molecule has 2 heterocycles. The molecule has 3 nitrogen and oxygen atoms in total. The van der Waals surface area contributed by atoms with Crippen LogP contribution in [0.4, 0.5) is 0 Å². The van der Waals surface area contributed by atoms with Crippen LogP contribution in [0.1, 0.15) is 42.2 Å². The lowest BCUT2D eigenvalue weighted by Crippen LogP contribution is -2.34. The van der Waals surface area contributed by atoms with Crippen LogP contribution in [0, 0.1) is 6.92 Å². The number of rotatable bonds is 3. The Labute approximate surface area is 147 Å². The second-order valence-corrected chi connectivity index (χ2v) is 9.18. The van der Waals surface area contributed by atoms with Crippen LogP contribution in [0.25, 0.3) is 0 Å². The molecule has 1 atom stereocenters. The molecule has 0 unspecified atom stereocenters. The van der Waals surface area contributed by atoms with Crippen molar-refractivity contribution in [2.45, 2.75) is 43.5 Å². The quantitative estimate of drug-likeness (QED) is 0.762. The summed E-state index contributed by atoms with van der Waals surface area (Å²) in [5.41, 5.74) is 1.18. The zero-order valence-electron chi connectivity index (χ0n) is 13.0. The lowest BCUT2D eigenvalue weighted by Gasteiger charge is -2.29. The summed E-state index contributed by atoms with van der Waals surface area (Å²) in [4.78, 5) is 1.49. The molecule has 1 aliphatic heterocycles. The van der Waals surface area contributed by atoms with Crippen LogP contribution >= 0.6 is 22.9 Å². The van der Waals surface area contributed by atoms with Crippen molar-refractivity contribution >= 4 is 33.0 Å². The maximum Gasteiger partial charge on any atom is 0.243 e. The summed E-state index contributed by atoms with van der Waals surface area (Å²) in [7, 11) is -3.51. The lowest BCUT2D eigenvalue weighted by atomic mass is 10.1. The van der Waals surface area contributed by atoms with Gasteiger partial charge in [-0.05, 0) is 61.0 Å². The average Bonchev–Trinajstić information content (AvgIpc) is 2.80. The Bertz CT molecular complexity index is 768. The maximum absolute atomic E-state index is 13.2. The normalized spacial score (nSPS) is 20.3. The van der Waals surface area contributed by atoms with E-state index in [1.54, 1.807) is 39.9 Å².